The summed E-state index contributed by atoms with van der Waals surface area (Å²) in [6.07, 6.45) is 1.99. The molecule has 2 aliphatic rings. The zero-order valence-corrected chi connectivity index (χ0v) is 15.0. The molecule has 0 unspecified atom stereocenters. The first-order valence-electron chi connectivity index (χ1n) is 7.12. The molecule has 0 spiro atoms. The molecule has 2 fully saturated rings. The van der Waals surface area contributed by atoms with Gasteiger partial charge in [-0.2, -0.15) is 0 Å². The van der Waals surface area contributed by atoms with Gasteiger partial charge in [-0.15, -0.1) is 11.8 Å². The van der Waals surface area contributed by atoms with Crippen LogP contribution in [0.2, 0.25) is 0 Å². The summed E-state index contributed by atoms with van der Waals surface area (Å²) in [7, 11) is 0. The number of ether oxygens (including phenoxy) is 1. The van der Waals surface area contributed by atoms with Crippen molar-refractivity contribution in [1.29, 1.82) is 0 Å². The van der Waals surface area contributed by atoms with E-state index in [1.165, 1.54) is 16.8 Å². The Morgan fingerprint density at radius 1 is 1.38 bits per heavy atom. The molecule has 0 saturated carbocycles. The molecular formula is C14H20N2O2S3. The lowest BCUT2D eigenvalue weighted by molar-refractivity contribution is -0.122. The summed E-state index contributed by atoms with van der Waals surface area (Å²) in [5, 5.41) is 1.17. The van der Waals surface area contributed by atoms with Gasteiger partial charge in [-0.1, -0.05) is 24.0 Å². The van der Waals surface area contributed by atoms with Gasteiger partial charge in [0.05, 0.1) is 11.6 Å². The maximum absolute atomic E-state index is 12.4. The Balaban J connectivity index is 2.35. The van der Waals surface area contributed by atoms with Crippen molar-refractivity contribution >= 4 is 46.0 Å². The van der Waals surface area contributed by atoms with Crippen molar-refractivity contribution in [2.45, 2.75) is 20.8 Å². The van der Waals surface area contributed by atoms with Crippen LogP contribution in [0, 0.1) is 0 Å². The molecule has 2 aliphatic heterocycles. The average molecular weight is 345 g/mol. The van der Waals surface area contributed by atoms with Crippen LogP contribution in [0.3, 0.4) is 0 Å². The molecule has 0 N–H and O–H groups in total. The number of hydrogen-bond acceptors (Lipinski definition) is 6. The van der Waals surface area contributed by atoms with Gasteiger partial charge in [0.1, 0.15) is 15.0 Å². The number of thioether (sulfide) groups is 2. The van der Waals surface area contributed by atoms with Crippen LogP contribution in [0.1, 0.15) is 20.8 Å². The lowest BCUT2D eigenvalue weighted by atomic mass is 10.3. The predicted octanol–water partition coefficient (Wildman–Crippen LogP) is 3.02. The van der Waals surface area contributed by atoms with E-state index in [1.807, 2.05) is 19.9 Å². The van der Waals surface area contributed by atoms with E-state index in [-0.39, 0.29) is 5.91 Å². The highest BCUT2D eigenvalue weighted by molar-refractivity contribution is 8.26. The fraction of sp³-hybridized carbons (Fsp3) is 0.571. The van der Waals surface area contributed by atoms with Gasteiger partial charge < -0.3 is 9.64 Å². The third kappa shape index (κ3) is 3.57. The van der Waals surface area contributed by atoms with E-state index in [0.717, 1.165) is 18.8 Å². The minimum absolute atomic E-state index is 0.0427. The molecule has 7 heteroatoms. The monoisotopic (exact) mass is 344 g/mol. The predicted molar refractivity (Wildman–Crippen MR) is 94.0 cm³/mol. The van der Waals surface area contributed by atoms with Gasteiger partial charge in [0.2, 0.25) is 0 Å². The van der Waals surface area contributed by atoms with Crippen molar-refractivity contribution in [3.8, 4) is 0 Å². The van der Waals surface area contributed by atoms with Gasteiger partial charge in [-0.3, -0.25) is 9.69 Å². The zero-order chi connectivity index (χ0) is 15.4. The Morgan fingerprint density at radius 3 is 2.71 bits per heavy atom. The van der Waals surface area contributed by atoms with Gasteiger partial charge in [0.15, 0.2) is 0 Å². The van der Waals surface area contributed by atoms with E-state index >= 15 is 0 Å². The molecule has 0 radical (unpaired) electrons. The van der Waals surface area contributed by atoms with Crippen molar-refractivity contribution < 1.29 is 9.53 Å². The molecule has 21 heavy (non-hydrogen) atoms. The van der Waals surface area contributed by atoms with Crippen LogP contribution >= 0.6 is 35.7 Å². The van der Waals surface area contributed by atoms with Gasteiger partial charge in [-0.05, 0) is 20.8 Å². The highest BCUT2D eigenvalue weighted by Crippen LogP contribution is 2.36. The third-order valence-corrected chi connectivity index (χ3v) is 5.75. The van der Waals surface area contributed by atoms with Gasteiger partial charge in [0, 0.05) is 31.5 Å². The van der Waals surface area contributed by atoms with E-state index in [1.54, 1.807) is 16.7 Å². The minimum Gasteiger partial charge on any atom is -0.492 e. The quantitative estimate of drug-likeness (QED) is 0.433. The van der Waals surface area contributed by atoms with E-state index in [2.05, 4.69) is 11.8 Å². The molecule has 1 amide bonds. The van der Waals surface area contributed by atoms with Crippen LogP contribution in [0.5, 0.6) is 0 Å². The maximum Gasteiger partial charge on any atom is 0.269 e. The topological polar surface area (TPSA) is 32.8 Å². The average Bonchev–Trinajstić information content (AvgIpc) is 3.02. The van der Waals surface area contributed by atoms with Crippen LogP contribution in [0.25, 0.3) is 0 Å². The number of carbonyl (C=O) groups is 1. The Morgan fingerprint density at radius 2 is 2.14 bits per heavy atom. The van der Waals surface area contributed by atoms with Crippen molar-refractivity contribution in [3.05, 3.63) is 21.8 Å². The fourth-order valence-electron chi connectivity index (χ4n) is 2.17. The van der Waals surface area contributed by atoms with Crippen LogP contribution in [0.4, 0.5) is 0 Å². The van der Waals surface area contributed by atoms with Gasteiger partial charge >= 0.3 is 0 Å². The van der Waals surface area contributed by atoms with Gasteiger partial charge in [0.25, 0.3) is 5.91 Å². The molecule has 0 aliphatic carbocycles. The smallest absolute Gasteiger partial charge is 0.269 e. The third-order valence-electron chi connectivity index (χ3n) is 3.25. The molecule has 2 saturated heterocycles. The Labute approximate surface area is 139 Å². The van der Waals surface area contributed by atoms with Crippen LogP contribution in [0.15, 0.2) is 21.8 Å². The van der Waals surface area contributed by atoms with Crippen molar-refractivity contribution in [3.63, 3.8) is 0 Å². The Hall–Kier alpha value is -0.660. The molecule has 0 aromatic heterocycles. The second-order valence-electron chi connectivity index (χ2n) is 4.45. The molecule has 2 rings (SSSR count). The summed E-state index contributed by atoms with van der Waals surface area (Å²) >= 11 is 8.41. The number of rotatable bonds is 5. The molecule has 0 aromatic rings. The standard InChI is InChI=1S/C14H20N2O2S3/c1-4-15-7-8-20-11(15)9-10(18-6-3)12-13(17)16(5-2)14(19)21-12/h9H,4-8H2,1-3H3/b11-9+,12-10-. The Kier molecular flexibility index (Phi) is 6.01. The first-order valence-corrected chi connectivity index (χ1v) is 9.33. The van der Waals surface area contributed by atoms with Crippen LogP contribution in [-0.4, -0.2) is 52.0 Å². The molecular weight excluding hydrogens is 324 g/mol. The number of amides is 1. The highest BCUT2D eigenvalue weighted by Gasteiger charge is 2.34. The molecule has 4 nitrogen and oxygen atoms in total. The molecule has 0 atom stereocenters. The number of thiocarbonyl (C=S) groups is 1. The summed E-state index contributed by atoms with van der Waals surface area (Å²) in [6.45, 7) is 9.13. The van der Waals surface area contributed by atoms with E-state index in [4.69, 9.17) is 17.0 Å². The van der Waals surface area contributed by atoms with Crippen molar-refractivity contribution in [2.75, 3.05) is 32.0 Å². The van der Waals surface area contributed by atoms with Crippen LogP contribution in [-0.2, 0) is 9.53 Å². The number of nitrogens with zero attached hydrogens (tertiary/aromatic N) is 2. The first-order chi connectivity index (χ1) is 10.1. The molecule has 2 heterocycles. The lowest BCUT2D eigenvalue weighted by Crippen LogP contribution is -2.27. The first kappa shape index (κ1) is 16.7. The SMILES string of the molecule is CCOC(/C=C1/SCCN1CC)=C1\SC(=S)N(CC)C1=O. The van der Waals surface area contributed by atoms with Crippen molar-refractivity contribution in [1.82, 2.24) is 9.80 Å². The summed E-state index contributed by atoms with van der Waals surface area (Å²) in [6, 6.07) is 0. The second kappa shape index (κ2) is 7.56. The lowest BCUT2D eigenvalue weighted by Gasteiger charge is -2.17. The summed E-state index contributed by atoms with van der Waals surface area (Å²) in [5.74, 6) is 1.68. The normalized spacial score (nSPS) is 23.5. The summed E-state index contributed by atoms with van der Waals surface area (Å²) in [5.41, 5.74) is 0. The van der Waals surface area contributed by atoms with E-state index < -0.39 is 0 Å². The fourth-order valence-corrected chi connectivity index (χ4v) is 4.66. The second-order valence-corrected chi connectivity index (χ2v) is 7.21. The van der Waals surface area contributed by atoms with Crippen molar-refractivity contribution in [2.24, 2.45) is 0 Å². The minimum atomic E-state index is -0.0427. The Bertz CT molecular complexity index is 502. The number of carbonyl (C=O) groups excluding carboxylic acids is 1. The maximum atomic E-state index is 12.4. The zero-order valence-electron chi connectivity index (χ0n) is 12.5. The van der Waals surface area contributed by atoms with E-state index in [0.29, 0.717) is 28.1 Å². The molecule has 0 bridgehead atoms. The number of allylic oxidation sites excluding steroid dienone is 1. The van der Waals surface area contributed by atoms with Crippen LogP contribution < -0.4 is 0 Å². The molecule has 0 aromatic carbocycles. The van der Waals surface area contributed by atoms with E-state index in [9.17, 15) is 4.79 Å². The number of hydrogen-bond donors (Lipinski definition) is 0. The number of likely N-dealkylation sites (N-methyl/N-ethyl adjacent to an activating group) is 1. The summed E-state index contributed by atoms with van der Waals surface area (Å²) < 4.78 is 6.34. The largest absolute Gasteiger partial charge is 0.492 e. The van der Waals surface area contributed by atoms with Gasteiger partial charge in [-0.25, -0.2) is 0 Å². The molecule has 116 valence electrons. The highest BCUT2D eigenvalue weighted by atomic mass is 32.2. The summed E-state index contributed by atoms with van der Waals surface area (Å²) in [4.78, 5) is 16.9.